The van der Waals surface area contributed by atoms with Crippen LogP contribution in [0.4, 0.5) is 0 Å². The summed E-state index contributed by atoms with van der Waals surface area (Å²) in [6.07, 6.45) is 0. The van der Waals surface area contributed by atoms with Crippen LogP contribution < -0.4 is 5.32 Å². The quantitative estimate of drug-likeness (QED) is 0.829. The van der Waals surface area contributed by atoms with Gasteiger partial charge in [0.05, 0.1) is 13.1 Å². The average Bonchev–Trinajstić information content (AvgIpc) is 2.99. The molecule has 9 heteroatoms. The Bertz CT molecular complexity index is 674. The Morgan fingerprint density at radius 3 is 2.65 bits per heavy atom. The summed E-state index contributed by atoms with van der Waals surface area (Å²) in [6.45, 7) is 2.49. The van der Waals surface area contributed by atoms with Crippen molar-refractivity contribution < 1.29 is 17.4 Å². The Kier molecular flexibility index (Phi) is 4.21. The van der Waals surface area contributed by atoms with Crippen molar-refractivity contribution in [1.82, 2.24) is 19.8 Å². The number of hydrogen-bond acceptors (Lipinski definition) is 7. The molecule has 0 atom stereocenters. The molecule has 0 aliphatic rings. The van der Waals surface area contributed by atoms with Gasteiger partial charge in [0.1, 0.15) is 5.76 Å². The summed E-state index contributed by atoms with van der Waals surface area (Å²) < 4.78 is 35.0. The van der Waals surface area contributed by atoms with Crippen LogP contribution in [0.3, 0.4) is 0 Å². The second kappa shape index (κ2) is 5.73. The molecule has 0 spiro atoms. The molecular formula is C11H16N4O4S. The first-order valence-electron chi connectivity index (χ1n) is 5.91. The summed E-state index contributed by atoms with van der Waals surface area (Å²) in [6, 6.07) is 3.05. The van der Waals surface area contributed by atoms with Crippen LogP contribution in [-0.2, 0) is 23.1 Å². The SMILES string of the molecule is Cc1noc(CNCc2ccc(S(=O)(=O)N(C)C)o2)n1. The van der Waals surface area contributed by atoms with E-state index in [1.807, 2.05) is 0 Å². The average molecular weight is 300 g/mol. The second-order valence-corrected chi connectivity index (χ2v) is 6.43. The largest absolute Gasteiger partial charge is 0.447 e. The van der Waals surface area contributed by atoms with Crippen molar-refractivity contribution in [2.45, 2.75) is 25.1 Å². The highest BCUT2D eigenvalue weighted by atomic mass is 32.2. The number of hydrogen-bond donors (Lipinski definition) is 1. The highest BCUT2D eigenvalue weighted by Crippen LogP contribution is 2.16. The number of aromatic nitrogens is 2. The molecule has 110 valence electrons. The maximum Gasteiger partial charge on any atom is 0.275 e. The molecular weight excluding hydrogens is 284 g/mol. The monoisotopic (exact) mass is 300 g/mol. The molecule has 1 N–H and O–H groups in total. The van der Waals surface area contributed by atoms with Gasteiger partial charge in [-0.1, -0.05) is 5.16 Å². The van der Waals surface area contributed by atoms with Crippen LogP contribution in [-0.4, -0.2) is 37.0 Å². The Balaban J connectivity index is 1.93. The minimum absolute atomic E-state index is 0.0760. The zero-order valence-electron chi connectivity index (χ0n) is 11.5. The van der Waals surface area contributed by atoms with Gasteiger partial charge in [-0.15, -0.1) is 0 Å². The van der Waals surface area contributed by atoms with E-state index in [2.05, 4.69) is 15.5 Å². The van der Waals surface area contributed by atoms with Gasteiger partial charge >= 0.3 is 0 Å². The molecule has 0 aliphatic carbocycles. The first kappa shape index (κ1) is 14.7. The summed E-state index contributed by atoms with van der Waals surface area (Å²) in [5.74, 6) is 1.55. The maximum atomic E-state index is 11.8. The van der Waals surface area contributed by atoms with Gasteiger partial charge < -0.3 is 14.3 Å². The molecule has 2 aromatic rings. The van der Waals surface area contributed by atoms with E-state index in [1.54, 1.807) is 13.0 Å². The lowest BCUT2D eigenvalue weighted by Crippen LogP contribution is -2.21. The Morgan fingerprint density at radius 1 is 1.30 bits per heavy atom. The van der Waals surface area contributed by atoms with E-state index in [0.29, 0.717) is 30.6 Å². The van der Waals surface area contributed by atoms with Crippen molar-refractivity contribution in [1.29, 1.82) is 0 Å². The van der Waals surface area contributed by atoms with Crippen molar-refractivity contribution >= 4 is 10.0 Å². The van der Waals surface area contributed by atoms with Crippen LogP contribution in [0.2, 0.25) is 0 Å². The van der Waals surface area contributed by atoms with Crippen molar-refractivity contribution in [3.63, 3.8) is 0 Å². The molecule has 0 radical (unpaired) electrons. The fraction of sp³-hybridized carbons (Fsp3) is 0.455. The summed E-state index contributed by atoms with van der Waals surface area (Å²) >= 11 is 0. The predicted octanol–water partition coefficient (Wildman–Crippen LogP) is 0.511. The van der Waals surface area contributed by atoms with Gasteiger partial charge in [-0.25, -0.2) is 12.7 Å². The molecule has 0 unspecified atom stereocenters. The van der Waals surface area contributed by atoms with Crippen LogP contribution >= 0.6 is 0 Å². The van der Waals surface area contributed by atoms with Crippen molar-refractivity contribution in [3.8, 4) is 0 Å². The lowest BCUT2D eigenvalue weighted by atomic mass is 10.4. The van der Waals surface area contributed by atoms with E-state index in [-0.39, 0.29) is 5.09 Å². The molecule has 8 nitrogen and oxygen atoms in total. The van der Waals surface area contributed by atoms with E-state index in [9.17, 15) is 8.42 Å². The smallest absolute Gasteiger partial charge is 0.275 e. The summed E-state index contributed by atoms with van der Waals surface area (Å²) in [4.78, 5) is 4.04. The van der Waals surface area contributed by atoms with E-state index in [4.69, 9.17) is 8.94 Å². The zero-order chi connectivity index (χ0) is 14.8. The summed E-state index contributed by atoms with van der Waals surface area (Å²) in [7, 11) is -0.628. The van der Waals surface area contributed by atoms with Gasteiger partial charge in [0, 0.05) is 14.1 Å². The Labute approximate surface area is 116 Å². The molecule has 20 heavy (non-hydrogen) atoms. The topological polar surface area (TPSA) is 101 Å². The third-order valence-corrected chi connectivity index (χ3v) is 4.21. The summed E-state index contributed by atoms with van der Waals surface area (Å²) in [5.41, 5.74) is 0. The molecule has 2 aromatic heterocycles. The number of furan rings is 1. The lowest BCUT2D eigenvalue weighted by molar-refractivity contribution is 0.353. The van der Waals surface area contributed by atoms with E-state index in [1.165, 1.54) is 20.2 Å². The van der Waals surface area contributed by atoms with Crippen molar-refractivity contribution in [3.05, 3.63) is 29.6 Å². The van der Waals surface area contributed by atoms with Crippen LogP contribution in [0.15, 0.2) is 26.2 Å². The third-order valence-electron chi connectivity index (χ3n) is 2.52. The van der Waals surface area contributed by atoms with E-state index < -0.39 is 10.0 Å². The highest BCUT2D eigenvalue weighted by Gasteiger charge is 2.21. The van der Waals surface area contributed by atoms with Gasteiger partial charge in [-0.05, 0) is 19.1 Å². The highest BCUT2D eigenvalue weighted by molar-refractivity contribution is 7.88. The van der Waals surface area contributed by atoms with Gasteiger partial charge in [0.25, 0.3) is 10.0 Å². The van der Waals surface area contributed by atoms with E-state index >= 15 is 0 Å². The first-order chi connectivity index (χ1) is 9.39. The molecule has 0 fully saturated rings. The minimum atomic E-state index is -3.53. The maximum absolute atomic E-state index is 11.8. The number of sulfonamides is 1. The normalized spacial score (nSPS) is 12.2. The second-order valence-electron chi connectivity index (χ2n) is 4.35. The number of nitrogens with one attached hydrogen (secondary N) is 1. The molecule has 2 rings (SSSR count). The lowest BCUT2D eigenvalue weighted by Gasteiger charge is -2.07. The van der Waals surface area contributed by atoms with Crippen molar-refractivity contribution in [2.75, 3.05) is 14.1 Å². The standard InChI is InChI=1S/C11H16N4O4S/c1-8-13-10(19-14-8)7-12-6-9-4-5-11(18-9)20(16,17)15(2)3/h4-5,12H,6-7H2,1-3H3. The van der Waals surface area contributed by atoms with Crippen LogP contribution in [0.1, 0.15) is 17.5 Å². The third kappa shape index (κ3) is 3.24. The predicted molar refractivity (Wildman–Crippen MR) is 69.2 cm³/mol. The molecule has 0 aliphatic heterocycles. The fourth-order valence-electron chi connectivity index (χ4n) is 1.48. The summed E-state index contributed by atoms with van der Waals surface area (Å²) in [5, 5.41) is 6.61. The minimum Gasteiger partial charge on any atom is -0.447 e. The number of nitrogens with zero attached hydrogens (tertiary/aromatic N) is 3. The number of rotatable bonds is 6. The van der Waals surface area contributed by atoms with Crippen LogP contribution in [0.25, 0.3) is 0 Å². The van der Waals surface area contributed by atoms with Gasteiger partial charge in [-0.2, -0.15) is 4.98 Å². The molecule has 0 aromatic carbocycles. The van der Waals surface area contributed by atoms with Crippen LogP contribution in [0.5, 0.6) is 0 Å². The molecule has 0 bridgehead atoms. The van der Waals surface area contributed by atoms with Gasteiger partial charge in [0.15, 0.2) is 5.82 Å². The fourth-order valence-corrected chi connectivity index (χ4v) is 2.29. The van der Waals surface area contributed by atoms with Gasteiger partial charge in [0.2, 0.25) is 11.0 Å². The number of aryl methyl sites for hydroxylation is 1. The Morgan fingerprint density at radius 2 is 2.05 bits per heavy atom. The molecule has 0 saturated carbocycles. The first-order valence-corrected chi connectivity index (χ1v) is 7.35. The van der Waals surface area contributed by atoms with Crippen LogP contribution in [0, 0.1) is 6.92 Å². The van der Waals surface area contributed by atoms with Gasteiger partial charge in [-0.3, -0.25) is 0 Å². The molecule has 0 saturated heterocycles. The van der Waals surface area contributed by atoms with E-state index in [0.717, 1.165) is 4.31 Å². The molecule has 0 amide bonds. The Hall–Kier alpha value is -1.71. The van der Waals surface area contributed by atoms with Crippen molar-refractivity contribution in [2.24, 2.45) is 0 Å². The zero-order valence-corrected chi connectivity index (χ0v) is 12.3. The molecule has 2 heterocycles.